The van der Waals surface area contributed by atoms with Crippen molar-refractivity contribution in [3.05, 3.63) is 58.1 Å². The number of rotatable bonds is 7. The number of likely N-dealkylation sites (N-methyl/N-ethyl adjacent to an activating group) is 1. The number of hydrogen-bond acceptors (Lipinski definition) is 7. The number of fused-ring (bicyclic) bond motifs is 1. The van der Waals surface area contributed by atoms with E-state index in [9.17, 15) is 14.9 Å². The van der Waals surface area contributed by atoms with Crippen LogP contribution in [0.2, 0.25) is 0 Å². The van der Waals surface area contributed by atoms with Crippen molar-refractivity contribution in [1.29, 1.82) is 0 Å². The van der Waals surface area contributed by atoms with E-state index in [1.807, 2.05) is 37.4 Å². The molecule has 3 aromatic rings. The number of anilines is 1. The van der Waals surface area contributed by atoms with E-state index in [0.29, 0.717) is 18.2 Å². The van der Waals surface area contributed by atoms with Gasteiger partial charge in [0.2, 0.25) is 0 Å². The molecule has 1 heterocycles. The molecule has 0 N–H and O–H groups in total. The Morgan fingerprint density at radius 3 is 2.68 bits per heavy atom. The van der Waals surface area contributed by atoms with Crippen LogP contribution in [0.25, 0.3) is 10.2 Å². The van der Waals surface area contributed by atoms with Crippen molar-refractivity contribution in [2.45, 2.75) is 4.90 Å². The predicted molar refractivity (Wildman–Crippen MR) is 115 cm³/mol. The van der Waals surface area contributed by atoms with Crippen LogP contribution in [-0.2, 0) is 0 Å². The maximum Gasteiger partial charge on any atom is 0.270 e. The van der Waals surface area contributed by atoms with Crippen molar-refractivity contribution >= 4 is 50.0 Å². The normalized spacial score (nSPS) is 11.1. The molecule has 0 unspecified atom stereocenters. The van der Waals surface area contributed by atoms with E-state index in [0.717, 1.165) is 15.1 Å². The van der Waals surface area contributed by atoms with E-state index < -0.39 is 4.92 Å². The highest BCUT2D eigenvalue weighted by molar-refractivity contribution is 7.98. The maximum atomic E-state index is 13.2. The first-order valence-electron chi connectivity index (χ1n) is 8.54. The lowest BCUT2D eigenvalue weighted by molar-refractivity contribution is -0.384. The van der Waals surface area contributed by atoms with Crippen molar-refractivity contribution in [3.8, 4) is 0 Å². The number of aromatic nitrogens is 1. The number of nitrogens with zero attached hydrogens (tertiary/aromatic N) is 4. The molecular weight excluding hydrogens is 396 g/mol. The van der Waals surface area contributed by atoms with Gasteiger partial charge in [0.25, 0.3) is 11.6 Å². The fourth-order valence-corrected chi connectivity index (χ4v) is 4.17. The molecule has 9 heteroatoms. The summed E-state index contributed by atoms with van der Waals surface area (Å²) in [6.45, 7) is 1.08. The van der Waals surface area contributed by atoms with E-state index in [4.69, 9.17) is 0 Å². The minimum absolute atomic E-state index is 0.104. The quantitative estimate of drug-likeness (QED) is 0.327. The van der Waals surface area contributed by atoms with Gasteiger partial charge in [-0.15, -0.1) is 11.8 Å². The van der Waals surface area contributed by atoms with Gasteiger partial charge in [0, 0.05) is 35.7 Å². The average molecular weight is 417 g/mol. The van der Waals surface area contributed by atoms with Gasteiger partial charge in [0.1, 0.15) is 0 Å². The fourth-order valence-electron chi connectivity index (χ4n) is 2.63. The number of benzene rings is 2. The molecule has 0 atom stereocenters. The van der Waals surface area contributed by atoms with E-state index in [2.05, 4.69) is 11.1 Å². The molecule has 0 bridgehead atoms. The zero-order chi connectivity index (χ0) is 20.3. The minimum atomic E-state index is -0.497. The number of carbonyl (C=O) groups is 1. The molecule has 0 fully saturated rings. The molecule has 0 aliphatic carbocycles. The molecule has 28 heavy (non-hydrogen) atoms. The van der Waals surface area contributed by atoms with Crippen LogP contribution in [0.5, 0.6) is 0 Å². The van der Waals surface area contributed by atoms with Crippen LogP contribution in [0.1, 0.15) is 10.4 Å². The zero-order valence-electron chi connectivity index (χ0n) is 15.8. The third kappa shape index (κ3) is 4.49. The number of nitro groups is 1. The summed E-state index contributed by atoms with van der Waals surface area (Å²) in [5.74, 6) is -0.297. The molecule has 0 aliphatic heterocycles. The van der Waals surface area contributed by atoms with Crippen LogP contribution in [0.15, 0.2) is 47.4 Å². The summed E-state index contributed by atoms with van der Waals surface area (Å²) in [7, 11) is 3.86. The number of amides is 1. The van der Waals surface area contributed by atoms with Gasteiger partial charge < -0.3 is 4.90 Å². The van der Waals surface area contributed by atoms with Crippen LogP contribution >= 0.6 is 23.1 Å². The lowest BCUT2D eigenvalue weighted by atomic mass is 10.2. The average Bonchev–Trinajstić information content (AvgIpc) is 3.10. The third-order valence-corrected chi connectivity index (χ3v) is 5.90. The summed E-state index contributed by atoms with van der Waals surface area (Å²) in [6.07, 6.45) is 2.01. The highest BCUT2D eigenvalue weighted by atomic mass is 32.2. The summed E-state index contributed by atoms with van der Waals surface area (Å²) in [6, 6.07) is 11.8. The van der Waals surface area contributed by atoms with Crippen LogP contribution in [0.4, 0.5) is 10.8 Å². The lowest BCUT2D eigenvalue weighted by Gasteiger charge is -2.22. The van der Waals surface area contributed by atoms with Crippen LogP contribution in [-0.4, -0.2) is 54.2 Å². The molecular formula is C19H20N4O3S2. The lowest BCUT2D eigenvalue weighted by Crippen LogP contribution is -2.36. The zero-order valence-corrected chi connectivity index (χ0v) is 17.4. The molecule has 2 aromatic carbocycles. The monoisotopic (exact) mass is 416 g/mol. The van der Waals surface area contributed by atoms with Crippen molar-refractivity contribution in [2.24, 2.45) is 0 Å². The van der Waals surface area contributed by atoms with Gasteiger partial charge in [0.05, 0.1) is 15.1 Å². The second-order valence-corrected chi connectivity index (χ2v) is 8.29. The summed E-state index contributed by atoms with van der Waals surface area (Å²) >= 11 is 3.10. The summed E-state index contributed by atoms with van der Waals surface area (Å²) in [4.78, 5) is 33.1. The smallest absolute Gasteiger partial charge is 0.270 e. The van der Waals surface area contributed by atoms with E-state index in [-0.39, 0.29) is 17.2 Å². The van der Waals surface area contributed by atoms with E-state index in [1.165, 1.54) is 29.5 Å². The number of carbonyl (C=O) groups excluding carboxylic acids is 1. The molecule has 146 valence electrons. The summed E-state index contributed by atoms with van der Waals surface area (Å²) in [5, 5.41) is 11.7. The van der Waals surface area contributed by atoms with Crippen LogP contribution in [0, 0.1) is 10.1 Å². The minimum Gasteiger partial charge on any atom is -0.308 e. The van der Waals surface area contributed by atoms with Gasteiger partial charge in [0.15, 0.2) is 5.13 Å². The molecule has 0 saturated heterocycles. The van der Waals surface area contributed by atoms with Crippen LogP contribution in [0.3, 0.4) is 0 Å². The highest BCUT2D eigenvalue weighted by Crippen LogP contribution is 2.32. The van der Waals surface area contributed by atoms with Crippen molar-refractivity contribution in [1.82, 2.24) is 9.88 Å². The number of thioether (sulfide) groups is 1. The first-order chi connectivity index (χ1) is 13.4. The number of non-ortho nitro benzene ring substituents is 1. The summed E-state index contributed by atoms with van der Waals surface area (Å²) in [5.41, 5.74) is 1.00. The van der Waals surface area contributed by atoms with Gasteiger partial charge in [-0.05, 0) is 44.6 Å². The predicted octanol–water partition coefficient (Wildman–Crippen LogP) is 4.13. The Morgan fingerprint density at radius 1 is 1.21 bits per heavy atom. The second kappa shape index (κ2) is 8.68. The highest BCUT2D eigenvalue weighted by Gasteiger charge is 2.23. The van der Waals surface area contributed by atoms with Gasteiger partial charge in [-0.3, -0.25) is 19.8 Å². The Kier molecular flexibility index (Phi) is 6.28. The summed E-state index contributed by atoms with van der Waals surface area (Å²) < 4.78 is 1.00. The third-order valence-electron chi connectivity index (χ3n) is 4.14. The van der Waals surface area contributed by atoms with Crippen molar-refractivity contribution < 1.29 is 9.72 Å². The van der Waals surface area contributed by atoms with Crippen molar-refractivity contribution in [3.63, 3.8) is 0 Å². The second-order valence-electron chi connectivity index (χ2n) is 6.40. The van der Waals surface area contributed by atoms with E-state index >= 15 is 0 Å². The molecule has 0 saturated carbocycles. The number of nitro benzene ring substituents is 1. The number of hydrogen-bond donors (Lipinski definition) is 0. The van der Waals surface area contributed by atoms with Gasteiger partial charge >= 0.3 is 0 Å². The first kappa shape index (κ1) is 20.2. The van der Waals surface area contributed by atoms with Gasteiger partial charge in [-0.25, -0.2) is 4.98 Å². The Bertz CT molecular complexity index is 1020. The molecule has 3 rings (SSSR count). The molecule has 0 aliphatic rings. The molecule has 1 aromatic heterocycles. The standard InChI is InChI=1S/C19H20N4O3S2/c1-21(2)9-10-22(18(24)13-5-4-6-14(11-13)23(25)26)19-20-16-8-7-15(27-3)12-17(16)28-19/h4-8,11-12H,9-10H2,1-3H3. The molecule has 7 nitrogen and oxygen atoms in total. The van der Waals surface area contributed by atoms with E-state index in [1.54, 1.807) is 22.7 Å². The largest absolute Gasteiger partial charge is 0.308 e. The SMILES string of the molecule is CSc1ccc2nc(N(CCN(C)C)C(=O)c3cccc([N+](=O)[O-])c3)sc2c1. The first-order valence-corrected chi connectivity index (χ1v) is 10.6. The Hall–Kier alpha value is -2.49. The molecule has 0 radical (unpaired) electrons. The van der Waals surface area contributed by atoms with Gasteiger partial charge in [-0.1, -0.05) is 17.4 Å². The molecule has 1 amide bonds. The fraction of sp³-hybridized carbons (Fsp3) is 0.263. The topological polar surface area (TPSA) is 79.6 Å². The molecule has 0 spiro atoms. The van der Waals surface area contributed by atoms with Crippen molar-refractivity contribution in [2.75, 3.05) is 38.3 Å². The maximum absolute atomic E-state index is 13.2. The van der Waals surface area contributed by atoms with Crippen LogP contribution < -0.4 is 4.90 Å². The van der Waals surface area contributed by atoms with Gasteiger partial charge in [-0.2, -0.15) is 0 Å². The Balaban J connectivity index is 2.00. The Labute approximate surface area is 171 Å². The number of thiazole rings is 1. The Morgan fingerprint density at radius 2 is 2.00 bits per heavy atom.